The Morgan fingerprint density at radius 1 is 1.07 bits per heavy atom. The van der Waals surface area contributed by atoms with E-state index < -0.39 is 15.8 Å². The van der Waals surface area contributed by atoms with Gasteiger partial charge in [-0.15, -0.1) is 0 Å². The van der Waals surface area contributed by atoms with Crippen LogP contribution in [0, 0.1) is 5.82 Å². The van der Waals surface area contributed by atoms with E-state index in [2.05, 4.69) is 5.32 Å². The molecule has 1 atom stereocenters. The Hall–Kier alpha value is -1.51. The van der Waals surface area contributed by atoms with E-state index in [1.807, 2.05) is 11.8 Å². The number of amides is 1. The number of hydrogen-bond donors (Lipinski definition) is 1. The Morgan fingerprint density at radius 2 is 1.67 bits per heavy atom. The highest BCUT2D eigenvalue weighted by molar-refractivity contribution is 7.89. The van der Waals surface area contributed by atoms with Crippen LogP contribution in [-0.2, 0) is 14.8 Å². The lowest BCUT2D eigenvalue weighted by atomic mass is 9.95. The van der Waals surface area contributed by atoms with E-state index in [9.17, 15) is 17.6 Å². The molecule has 3 rings (SSSR count). The molecule has 1 saturated heterocycles. The van der Waals surface area contributed by atoms with Crippen molar-refractivity contribution in [1.29, 1.82) is 0 Å². The maximum Gasteiger partial charge on any atom is 0.243 e. The molecule has 6 nitrogen and oxygen atoms in total. The van der Waals surface area contributed by atoms with Gasteiger partial charge in [-0.25, -0.2) is 12.8 Å². The van der Waals surface area contributed by atoms with E-state index in [4.69, 9.17) is 0 Å². The number of nitrogens with zero attached hydrogens (tertiary/aromatic N) is 2. The lowest BCUT2D eigenvalue weighted by Gasteiger charge is -2.37. The van der Waals surface area contributed by atoms with Crippen molar-refractivity contribution >= 4 is 15.9 Å². The van der Waals surface area contributed by atoms with E-state index in [1.54, 1.807) is 0 Å². The minimum Gasteiger partial charge on any atom is -0.352 e. The van der Waals surface area contributed by atoms with Crippen molar-refractivity contribution in [3.8, 4) is 0 Å². The summed E-state index contributed by atoms with van der Waals surface area (Å²) in [5.74, 6) is -0.437. The fourth-order valence-electron chi connectivity index (χ4n) is 3.82. The molecule has 0 unspecified atom stereocenters. The second-order valence-electron chi connectivity index (χ2n) is 7.41. The molecule has 150 valence electrons. The quantitative estimate of drug-likeness (QED) is 0.825. The predicted molar refractivity (Wildman–Crippen MR) is 101 cm³/mol. The first-order valence-corrected chi connectivity index (χ1v) is 11.1. The molecule has 8 heteroatoms. The van der Waals surface area contributed by atoms with Crippen LogP contribution in [0.1, 0.15) is 39.0 Å². The number of rotatable bonds is 5. The summed E-state index contributed by atoms with van der Waals surface area (Å²) in [6, 6.07) is 4.88. The number of benzene rings is 1. The molecule has 1 heterocycles. The van der Waals surface area contributed by atoms with Gasteiger partial charge in [0.05, 0.1) is 10.9 Å². The molecule has 1 aliphatic heterocycles. The summed E-state index contributed by atoms with van der Waals surface area (Å²) in [6.07, 6.45) is 5.66. The summed E-state index contributed by atoms with van der Waals surface area (Å²) in [4.78, 5) is 14.6. The molecule has 0 aromatic heterocycles. The summed E-state index contributed by atoms with van der Waals surface area (Å²) in [6.45, 7) is 3.52. The second kappa shape index (κ2) is 8.67. The van der Waals surface area contributed by atoms with Crippen molar-refractivity contribution < 1.29 is 17.6 Å². The summed E-state index contributed by atoms with van der Waals surface area (Å²) in [7, 11) is -3.63. The molecule has 1 aliphatic carbocycles. The molecular weight excluding hydrogens is 369 g/mol. The molecule has 0 spiro atoms. The van der Waals surface area contributed by atoms with Crippen molar-refractivity contribution in [2.45, 2.75) is 56.0 Å². The molecule has 1 saturated carbocycles. The Morgan fingerprint density at radius 3 is 2.26 bits per heavy atom. The van der Waals surface area contributed by atoms with Crippen molar-refractivity contribution in [2.24, 2.45) is 0 Å². The van der Waals surface area contributed by atoms with E-state index in [-0.39, 0.29) is 22.9 Å². The number of carbonyl (C=O) groups is 1. The fraction of sp³-hybridized carbons (Fsp3) is 0.632. The van der Waals surface area contributed by atoms with Crippen LogP contribution >= 0.6 is 0 Å². The van der Waals surface area contributed by atoms with Crippen LogP contribution in [0.5, 0.6) is 0 Å². The van der Waals surface area contributed by atoms with E-state index in [0.29, 0.717) is 26.2 Å². The topological polar surface area (TPSA) is 69.7 Å². The maximum absolute atomic E-state index is 13.0. The molecule has 27 heavy (non-hydrogen) atoms. The molecule has 1 amide bonds. The predicted octanol–water partition coefficient (Wildman–Crippen LogP) is 1.97. The third kappa shape index (κ3) is 4.86. The zero-order valence-electron chi connectivity index (χ0n) is 15.7. The second-order valence-corrected chi connectivity index (χ2v) is 9.35. The maximum atomic E-state index is 13.0. The van der Waals surface area contributed by atoms with Gasteiger partial charge in [0.1, 0.15) is 5.82 Å². The summed E-state index contributed by atoms with van der Waals surface area (Å²) in [5, 5.41) is 3.14. The number of halogens is 1. The van der Waals surface area contributed by atoms with Crippen molar-refractivity contribution in [2.75, 3.05) is 26.2 Å². The van der Waals surface area contributed by atoms with E-state index in [1.165, 1.54) is 35.7 Å². The van der Waals surface area contributed by atoms with Crippen molar-refractivity contribution in [1.82, 2.24) is 14.5 Å². The van der Waals surface area contributed by atoms with Gasteiger partial charge in [-0.3, -0.25) is 9.69 Å². The standard InChI is InChI=1S/C19H28FN3O3S/c1-15(19(24)21-17-5-3-2-4-6-17)22-11-13-23(14-12-22)27(25,26)18-9-7-16(20)8-10-18/h7-10,15,17H,2-6,11-14H2,1H3,(H,21,24)/t15-/m1/s1. The largest absolute Gasteiger partial charge is 0.352 e. The zero-order valence-corrected chi connectivity index (χ0v) is 16.5. The van der Waals surface area contributed by atoms with Gasteiger partial charge >= 0.3 is 0 Å². The summed E-state index contributed by atoms with van der Waals surface area (Å²) < 4.78 is 39.8. The zero-order chi connectivity index (χ0) is 19.4. The van der Waals surface area contributed by atoms with Gasteiger partial charge in [0.15, 0.2) is 0 Å². The van der Waals surface area contributed by atoms with Gasteiger partial charge < -0.3 is 5.32 Å². The Balaban J connectivity index is 1.54. The lowest BCUT2D eigenvalue weighted by Crippen LogP contribution is -2.55. The molecule has 2 aliphatic rings. The highest BCUT2D eigenvalue weighted by Crippen LogP contribution is 2.20. The fourth-order valence-corrected chi connectivity index (χ4v) is 5.24. The average molecular weight is 398 g/mol. The van der Waals surface area contributed by atoms with Gasteiger partial charge in [-0.2, -0.15) is 4.31 Å². The summed E-state index contributed by atoms with van der Waals surface area (Å²) in [5.41, 5.74) is 0. The van der Waals surface area contributed by atoms with E-state index >= 15 is 0 Å². The molecule has 1 aromatic carbocycles. The van der Waals surface area contributed by atoms with Gasteiger partial charge in [0.25, 0.3) is 0 Å². The van der Waals surface area contributed by atoms with Crippen LogP contribution in [0.3, 0.4) is 0 Å². The highest BCUT2D eigenvalue weighted by Gasteiger charge is 2.32. The molecule has 0 radical (unpaired) electrons. The van der Waals surface area contributed by atoms with Crippen LogP contribution in [-0.4, -0.2) is 61.8 Å². The Kier molecular flexibility index (Phi) is 6.49. The van der Waals surface area contributed by atoms with Gasteiger partial charge in [-0.1, -0.05) is 19.3 Å². The van der Waals surface area contributed by atoms with Gasteiger partial charge in [-0.05, 0) is 44.0 Å². The van der Waals surface area contributed by atoms with E-state index in [0.717, 1.165) is 25.0 Å². The third-order valence-electron chi connectivity index (χ3n) is 5.60. The number of piperazine rings is 1. The van der Waals surface area contributed by atoms with Gasteiger partial charge in [0.2, 0.25) is 15.9 Å². The average Bonchev–Trinajstić information content (AvgIpc) is 2.68. The third-order valence-corrected chi connectivity index (χ3v) is 7.52. The first-order chi connectivity index (χ1) is 12.9. The summed E-state index contributed by atoms with van der Waals surface area (Å²) >= 11 is 0. The number of carbonyl (C=O) groups excluding carboxylic acids is 1. The Labute approximate surface area is 160 Å². The van der Waals surface area contributed by atoms with Crippen molar-refractivity contribution in [3.05, 3.63) is 30.1 Å². The minimum absolute atomic E-state index is 0.0248. The molecule has 1 N–H and O–H groups in total. The molecular formula is C19H28FN3O3S. The molecule has 1 aromatic rings. The smallest absolute Gasteiger partial charge is 0.243 e. The van der Waals surface area contributed by atoms with Crippen LogP contribution in [0.2, 0.25) is 0 Å². The number of nitrogens with one attached hydrogen (secondary N) is 1. The SMILES string of the molecule is C[C@H](C(=O)NC1CCCCC1)N1CCN(S(=O)(=O)c2ccc(F)cc2)CC1. The van der Waals surface area contributed by atoms with Crippen LogP contribution in [0.25, 0.3) is 0 Å². The number of sulfonamides is 1. The van der Waals surface area contributed by atoms with Crippen LogP contribution in [0.4, 0.5) is 4.39 Å². The molecule has 2 fully saturated rings. The van der Waals surface area contributed by atoms with Crippen LogP contribution in [0.15, 0.2) is 29.2 Å². The van der Waals surface area contributed by atoms with Crippen molar-refractivity contribution in [3.63, 3.8) is 0 Å². The number of hydrogen-bond acceptors (Lipinski definition) is 4. The first-order valence-electron chi connectivity index (χ1n) is 9.68. The van der Waals surface area contributed by atoms with Crippen LogP contribution < -0.4 is 5.32 Å². The Bertz CT molecular complexity index is 740. The van der Waals surface area contributed by atoms with Gasteiger partial charge in [0, 0.05) is 32.2 Å². The normalized spacial score (nSPS) is 21.7. The highest BCUT2D eigenvalue weighted by atomic mass is 32.2. The lowest BCUT2D eigenvalue weighted by molar-refractivity contribution is -0.127. The monoisotopic (exact) mass is 397 g/mol. The minimum atomic E-state index is -3.63. The first kappa shape index (κ1) is 20.2. The molecule has 0 bridgehead atoms.